The molecule has 1 saturated heterocycles. The number of ether oxygens (including phenoxy) is 1. The van der Waals surface area contributed by atoms with Gasteiger partial charge in [0.2, 0.25) is 0 Å². The van der Waals surface area contributed by atoms with Crippen LogP contribution < -0.4 is 4.98 Å². The van der Waals surface area contributed by atoms with Gasteiger partial charge in [-0.25, -0.2) is 0 Å². The molecular weight excluding hydrogens is 166 g/mol. The molecular formula is C5H13NO4Si. The Morgan fingerprint density at radius 2 is 2.18 bits per heavy atom. The molecule has 0 radical (unpaired) electrons. The van der Waals surface area contributed by atoms with Crippen LogP contribution in [0.15, 0.2) is 0 Å². The van der Waals surface area contributed by atoms with Crippen molar-refractivity contribution >= 4 is 8.97 Å². The molecule has 1 heterocycles. The summed E-state index contributed by atoms with van der Waals surface area (Å²) in [5.41, 5.74) is 0. The minimum Gasteiger partial charge on any atom is -0.377 e. The van der Waals surface area contributed by atoms with Gasteiger partial charge in [0.25, 0.3) is 0 Å². The second-order valence-corrected chi connectivity index (χ2v) is 4.28. The summed E-state index contributed by atoms with van der Waals surface area (Å²) in [5.74, 6) is 0. The molecule has 0 aromatic rings. The van der Waals surface area contributed by atoms with Gasteiger partial charge in [0.05, 0.1) is 6.10 Å². The van der Waals surface area contributed by atoms with Gasteiger partial charge in [-0.05, 0) is 12.8 Å². The summed E-state index contributed by atoms with van der Waals surface area (Å²) >= 11 is 0. The van der Waals surface area contributed by atoms with E-state index in [4.69, 9.17) is 19.1 Å². The lowest BCUT2D eigenvalue weighted by Crippen LogP contribution is -2.54. The van der Waals surface area contributed by atoms with Crippen LogP contribution in [0.25, 0.3) is 0 Å². The van der Waals surface area contributed by atoms with Crippen molar-refractivity contribution in [3.8, 4) is 0 Å². The largest absolute Gasteiger partial charge is 0.588 e. The fraction of sp³-hybridized carbons (Fsp3) is 1.00. The van der Waals surface area contributed by atoms with Crippen molar-refractivity contribution in [3.05, 3.63) is 0 Å². The fourth-order valence-corrected chi connectivity index (χ4v) is 1.56. The van der Waals surface area contributed by atoms with Gasteiger partial charge in [0.15, 0.2) is 0 Å². The van der Waals surface area contributed by atoms with Crippen LogP contribution >= 0.6 is 0 Å². The number of hydrogen-bond donors (Lipinski definition) is 4. The highest BCUT2D eigenvalue weighted by atomic mass is 28.4. The third-order valence-corrected chi connectivity index (χ3v) is 2.27. The first-order chi connectivity index (χ1) is 5.08. The lowest BCUT2D eigenvalue weighted by molar-refractivity contribution is 0.105. The van der Waals surface area contributed by atoms with Crippen LogP contribution in [0.2, 0.25) is 0 Å². The standard InChI is InChI=1S/C5H13NO4Si/c7-11(8,9)6-4-5-2-1-3-10-5/h5-9H,1-4H2. The van der Waals surface area contributed by atoms with E-state index in [0.29, 0.717) is 6.54 Å². The average molecular weight is 179 g/mol. The van der Waals surface area contributed by atoms with Crippen molar-refractivity contribution < 1.29 is 19.1 Å². The highest BCUT2D eigenvalue weighted by Gasteiger charge is 2.29. The molecule has 0 aliphatic carbocycles. The van der Waals surface area contributed by atoms with Gasteiger partial charge in [-0.15, -0.1) is 0 Å². The third kappa shape index (κ3) is 3.80. The van der Waals surface area contributed by atoms with Gasteiger partial charge in [0, 0.05) is 13.2 Å². The Morgan fingerprint density at radius 1 is 1.45 bits per heavy atom. The second kappa shape index (κ2) is 3.61. The summed E-state index contributed by atoms with van der Waals surface area (Å²) in [6.45, 7) is 1.04. The lowest BCUT2D eigenvalue weighted by Gasteiger charge is -2.14. The van der Waals surface area contributed by atoms with E-state index in [1.54, 1.807) is 0 Å². The van der Waals surface area contributed by atoms with Crippen LogP contribution in [0.3, 0.4) is 0 Å². The van der Waals surface area contributed by atoms with E-state index < -0.39 is 8.97 Å². The molecule has 1 unspecified atom stereocenters. The van der Waals surface area contributed by atoms with Crippen molar-refractivity contribution in [1.82, 2.24) is 4.98 Å². The summed E-state index contributed by atoms with van der Waals surface area (Å²) in [7, 11) is -4.05. The van der Waals surface area contributed by atoms with Crippen molar-refractivity contribution in [2.45, 2.75) is 18.9 Å². The minimum absolute atomic E-state index is 0.0216. The predicted molar refractivity (Wildman–Crippen MR) is 39.4 cm³/mol. The monoisotopic (exact) mass is 179 g/mol. The molecule has 1 rings (SSSR count). The Labute approximate surface area is 66.1 Å². The zero-order valence-electron chi connectivity index (χ0n) is 6.16. The van der Waals surface area contributed by atoms with Crippen molar-refractivity contribution in [1.29, 1.82) is 0 Å². The molecule has 1 atom stereocenters. The molecule has 4 N–H and O–H groups in total. The Kier molecular flexibility index (Phi) is 2.99. The van der Waals surface area contributed by atoms with Crippen LogP contribution in [0, 0.1) is 0 Å². The van der Waals surface area contributed by atoms with Crippen LogP contribution in [-0.2, 0) is 4.74 Å². The SMILES string of the molecule is O[Si](O)(O)NCC1CCCO1. The molecule has 1 aliphatic heterocycles. The van der Waals surface area contributed by atoms with Gasteiger partial charge in [-0.3, -0.25) is 4.98 Å². The van der Waals surface area contributed by atoms with Gasteiger partial charge in [-0.1, -0.05) is 0 Å². The highest BCUT2D eigenvalue weighted by molar-refractivity contribution is 6.53. The van der Waals surface area contributed by atoms with E-state index in [2.05, 4.69) is 4.98 Å². The first-order valence-corrected chi connectivity index (χ1v) is 5.46. The van der Waals surface area contributed by atoms with E-state index >= 15 is 0 Å². The second-order valence-electron chi connectivity index (χ2n) is 2.65. The van der Waals surface area contributed by atoms with E-state index in [9.17, 15) is 0 Å². The molecule has 0 bridgehead atoms. The van der Waals surface area contributed by atoms with Gasteiger partial charge in [0.1, 0.15) is 0 Å². The Bertz CT molecular complexity index is 120. The first-order valence-electron chi connectivity index (χ1n) is 3.62. The average Bonchev–Trinajstić information content (AvgIpc) is 2.32. The number of hydrogen-bond acceptors (Lipinski definition) is 5. The summed E-state index contributed by atoms with van der Waals surface area (Å²) in [6.07, 6.45) is 1.94. The molecule has 1 aliphatic rings. The minimum atomic E-state index is -4.05. The molecule has 0 aromatic carbocycles. The molecule has 1 fully saturated rings. The Hall–Kier alpha value is 0.0169. The van der Waals surface area contributed by atoms with Crippen LogP contribution in [0.1, 0.15) is 12.8 Å². The zero-order chi connectivity index (χ0) is 8.32. The predicted octanol–water partition coefficient (Wildman–Crippen LogP) is -1.83. The van der Waals surface area contributed by atoms with Gasteiger partial charge in [-0.2, -0.15) is 0 Å². The molecule has 0 amide bonds. The molecule has 0 spiro atoms. The first kappa shape index (κ1) is 9.11. The summed E-state index contributed by atoms with van der Waals surface area (Å²) in [4.78, 5) is 27.9. The molecule has 5 nitrogen and oxygen atoms in total. The molecule has 6 heteroatoms. The fourth-order valence-electron chi connectivity index (χ4n) is 1.06. The summed E-state index contributed by atoms with van der Waals surface area (Å²) in [5, 5.41) is 0. The normalized spacial score (nSPS) is 25.9. The molecule has 66 valence electrons. The van der Waals surface area contributed by atoms with Crippen LogP contribution in [-0.4, -0.2) is 42.6 Å². The zero-order valence-corrected chi connectivity index (χ0v) is 7.16. The summed E-state index contributed by atoms with van der Waals surface area (Å²) in [6, 6.07) is 0. The Balaban J connectivity index is 2.11. The van der Waals surface area contributed by atoms with Crippen LogP contribution in [0.4, 0.5) is 0 Å². The van der Waals surface area contributed by atoms with E-state index in [-0.39, 0.29) is 6.10 Å². The number of nitrogens with one attached hydrogen (secondary N) is 1. The van der Waals surface area contributed by atoms with Crippen molar-refractivity contribution in [2.24, 2.45) is 0 Å². The van der Waals surface area contributed by atoms with Crippen molar-refractivity contribution in [3.63, 3.8) is 0 Å². The smallest absolute Gasteiger partial charge is 0.377 e. The van der Waals surface area contributed by atoms with Crippen LogP contribution in [0.5, 0.6) is 0 Å². The third-order valence-electron chi connectivity index (χ3n) is 1.59. The van der Waals surface area contributed by atoms with Crippen molar-refractivity contribution in [2.75, 3.05) is 13.2 Å². The highest BCUT2D eigenvalue weighted by Crippen LogP contribution is 2.10. The molecule has 0 aromatic heterocycles. The van der Waals surface area contributed by atoms with E-state index in [0.717, 1.165) is 19.4 Å². The van der Waals surface area contributed by atoms with E-state index in [1.807, 2.05) is 0 Å². The maximum Gasteiger partial charge on any atom is 0.588 e. The summed E-state index contributed by atoms with van der Waals surface area (Å²) < 4.78 is 5.17. The molecule has 0 saturated carbocycles. The van der Waals surface area contributed by atoms with Gasteiger partial charge < -0.3 is 19.1 Å². The maximum atomic E-state index is 8.56. The molecule has 11 heavy (non-hydrogen) atoms. The lowest BCUT2D eigenvalue weighted by atomic mass is 10.2. The Morgan fingerprint density at radius 3 is 2.64 bits per heavy atom. The quantitative estimate of drug-likeness (QED) is 0.383. The van der Waals surface area contributed by atoms with Gasteiger partial charge >= 0.3 is 8.97 Å². The number of rotatable bonds is 3. The van der Waals surface area contributed by atoms with E-state index in [1.165, 1.54) is 0 Å². The maximum absolute atomic E-state index is 8.56. The topological polar surface area (TPSA) is 82.0 Å².